The number of likely N-dealkylation sites (N-methyl/N-ethyl adjacent to an activating group) is 1. The molecular formula is C27H27ClN6O5. The molecule has 2 amide bonds. The van der Waals surface area contributed by atoms with Gasteiger partial charge in [0.15, 0.2) is 5.82 Å². The van der Waals surface area contributed by atoms with Crippen LogP contribution in [0.15, 0.2) is 61.3 Å². The Bertz CT molecular complexity index is 1410. The summed E-state index contributed by atoms with van der Waals surface area (Å²) < 4.78 is 11.4. The van der Waals surface area contributed by atoms with Crippen molar-refractivity contribution in [1.29, 1.82) is 0 Å². The van der Waals surface area contributed by atoms with Crippen LogP contribution in [-0.2, 0) is 14.3 Å². The molecule has 0 saturated carbocycles. The van der Waals surface area contributed by atoms with Gasteiger partial charge < -0.3 is 30.3 Å². The minimum atomic E-state index is -0.674. The number of halogens is 1. The predicted octanol–water partition coefficient (Wildman–Crippen LogP) is 4.18. The molecule has 202 valence electrons. The van der Waals surface area contributed by atoms with Crippen LogP contribution in [0.4, 0.5) is 28.8 Å². The number of amides is 2. The first-order valence-electron chi connectivity index (χ1n) is 12.0. The van der Waals surface area contributed by atoms with Gasteiger partial charge in [-0.05, 0) is 36.4 Å². The highest BCUT2D eigenvalue weighted by atomic mass is 35.5. The van der Waals surface area contributed by atoms with Gasteiger partial charge in [-0.3, -0.25) is 14.4 Å². The molecule has 0 aliphatic carbocycles. The van der Waals surface area contributed by atoms with Crippen LogP contribution in [0.25, 0.3) is 0 Å². The van der Waals surface area contributed by atoms with Crippen molar-refractivity contribution in [2.75, 3.05) is 43.3 Å². The van der Waals surface area contributed by atoms with Crippen molar-refractivity contribution in [1.82, 2.24) is 14.9 Å². The van der Waals surface area contributed by atoms with Crippen LogP contribution in [-0.4, -0.2) is 65.9 Å². The molecule has 3 N–H and O–H groups in total. The molecule has 1 fully saturated rings. The number of para-hydroxylation sites is 1. The highest BCUT2D eigenvalue weighted by Crippen LogP contribution is 2.32. The Morgan fingerprint density at radius 1 is 1.15 bits per heavy atom. The third kappa shape index (κ3) is 6.89. The van der Waals surface area contributed by atoms with Crippen molar-refractivity contribution in [2.24, 2.45) is 0 Å². The molecule has 2 heterocycles. The van der Waals surface area contributed by atoms with Crippen molar-refractivity contribution in [3.05, 3.63) is 71.9 Å². The van der Waals surface area contributed by atoms with Crippen molar-refractivity contribution < 1.29 is 23.9 Å². The first kappa shape index (κ1) is 27.6. The van der Waals surface area contributed by atoms with Crippen LogP contribution >= 0.6 is 11.6 Å². The first-order valence-corrected chi connectivity index (χ1v) is 12.4. The Hall–Kier alpha value is -4.48. The number of nitrogens with zero attached hydrogens (tertiary/aromatic N) is 3. The average molecular weight is 551 g/mol. The Balaban J connectivity index is 1.57. The number of aromatic nitrogens is 2. The average Bonchev–Trinajstić information content (AvgIpc) is 3.44. The van der Waals surface area contributed by atoms with Gasteiger partial charge in [0, 0.05) is 26.2 Å². The highest BCUT2D eigenvalue weighted by molar-refractivity contribution is 6.43. The highest BCUT2D eigenvalue weighted by Gasteiger charge is 2.22. The Morgan fingerprint density at radius 2 is 1.95 bits per heavy atom. The van der Waals surface area contributed by atoms with Gasteiger partial charge in [0.1, 0.15) is 16.9 Å². The molecule has 39 heavy (non-hydrogen) atoms. The smallest absolute Gasteiger partial charge is 0.294 e. The second-order valence-electron chi connectivity index (χ2n) is 8.72. The lowest BCUT2D eigenvalue weighted by Crippen LogP contribution is -2.30. The third-order valence-electron chi connectivity index (χ3n) is 5.63. The van der Waals surface area contributed by atoms with Gasteiger partial charge in [-0.25, -0.2) is 4.98 Å². The van der Waals surface area contributed by atoms with E-state index in [0.29, 0.717) is 36.0 Å². The van der Waals surface area contributed by atoms with Gasteiger partial charge in [-0.1, -0.05) is 30.3 Å². The minimum absolute atomic E-state index is 0.112. The van der Waals surface area contributed by atoms with Crippen molar-refractivity contribution in [3.63, 3.8) is 0 Å². The van der Waals surface area contributed by atoms with Gasteiger partial charge in [-0.2, -0.15) is 4.98 Å². The molecule has 2 aromatic carbocycles. The van der Waals surface area contributed by atoms with E-state index in [1.165, 1.54) is 25.2 Å². The molecule has 1 aliphatic rings. The van der Waals surface area contributed by atoms with Crippen molar-refractivity contribution in [2.45, 2.75) is 12.5 Å². The lowest BCUT2D eigenvalue weighted by molar-refractivity contribution is -0.124. The largest absolute Gasteiger partial charge is 0.486 e. The van der Waals surface area contributed by atoms with E-state index in [1.807, 2.05) is 0 Å². The zero-order valence-corrected chi connectivity index (χ0v) is 22.1. The lowest BCUT2D eigenvalue weighted by atomic mass is 10.1. The number of anilines is 5. The van der Waals surface area contributed by atoms with E-state index in [4.69, 9.17) is 21.1 Å². The van der Waals surface area contributed by atoms with E-state index >= 15 is 0 Å². The molecule has 1 saturated heterocycles. The normalized spacial score (nSPS) is 14.3. The number of carbonyl (C=O) groups excluding carboxylic acids is 3. The van der Waals surface area contributed by atoms with Crippen LogP contribution in [0, 0.1) is 0 Å². The quantitative estimate of drug-likeness (QED) is 0.193. The number of rotatable bonds is 10. The molecule has 12 heteroatoms. The van der Waals surface area contributed by atoms with Crippen molar-refractivity contribution in [3.8, 4) is 5.75 Å². The molecule has 1 atom stereocenters. The number of ether oxygens (including phenoxy) is 2. The number of ketones is 1. The van der Waals surface area contributed by atoms with Gasteiger partial charge in [0.05, 0.1) is 36.3 Å². The zero-order valence-electron chi connectivity index (χ0n) is 21.4. The monoisotopic (exact) mass is 550 g/mol. The van der Waals surface area contributed by atoms with Gasteiger partial charge >= 0.3 is 0 Å². The third-order valence-corrected chi connectivity index (χ3v) is 5.91. The minimum Gasteiger partial charge on any atom is -0.486 e. The number of Topliss-reactive ketones (excluding diaryl/α,β-unsaturated/α-hetero) is 1. The van der Waals surface area contributed by atoms with Gasteiger partial charge in [0.2, 0.25) is 11.9 Å². The van der Waals surface area contributed by atoms with Crippen LogP contribution < -0.4 is 20.7 Å². The molecule has 0 radical (unpaired) electrons. The Labute approximate surface area is 230 Å². The molecule has 1 aliphatic heterocycles. The molecule has 0 bridgehead atoms. The van der Waals surface area contributed by atoms with E-state index in [2.05, 4.69) is 32.5 Å². The van der Waals surface area contributed by atoms with Crippen LogP contribution in [0.1, 0.15) is 16.8 Å². The number of carbonyl (C=O) groups is 3. The van der Waals surface area contributed by atoms with E-state index in [9.17, 15) is 14.4 Å². The van der Waals surface area contributed by atoms with Gasteiger partial charge in [-0.15, -0.1) is 0 Å². The standard InChI is InChI=1S/C27H27ClN6O5/c1-4-23(35)31-21-13-16(9-10-22(21)39-17-11-12-38-15-17)30-27-29-14-19(28)25(33-27)32-20-8-6-5-7-18(20)24(36)26(37)34(2)3/h4-10,13-14,17H,1,11-12,15H2,2-3H3,(H,31,35)(H2,29,30,32,33). The number of nitrogens with one attached hydrogen (secondary N) is 3. The summed E-state index contributed by atoms with van der Waals surface area (Å²) >= 11 is 6.34. The summed E-state index contributed by atoms with van der Waals surface area (Å²) in [7, 11) is 3.01. The van der Waals surface area contributed by atoms with Crippen LogP contribution in [0.3, 0.4) is 0 Å². The van der Waals surface area contributed by atoms with E-state index in [1.54, 1.807) is 42.5 Å². The SMILES string of the molecule is C=CC(=O)Nc1cc(Nc2ncc(Cl)c(Nc3ccccc3C(=O)C(=O)N(C)C)n2)ccc1OC1CCOC1. The molecular weight excluding hydrogens is 524 g/mol. The number of hydrogen-bond donors (Lipinski definition) is 3. The first-order chi connectivity index (χ1) is 18.7. The molecule has 3 aromatic rings. The maximum absolute atomic E-state index is 12.7. The summed E-state index contributed by atoms with van der Waals surface area (Å²) in [5.74, 6) is -0.837. The van der Waals surface area contributed by atoms with Crippen LogP contribution in [0.2, 0.25) is 5.02 Å². The molecule has 4 rings (SSSR count). The summed E-state index contributed by atoms with van der Waals surface area (Å²) in [6, 6.07) is 11.7. The number of benzene rings is 2. The van der Waals surface area contributed by atoms with E-state index in [0.717, 1.165) is 12.5 Å². The predicted molar refractivity (Wildman–Crippen MR) is 148 cm³/mol. The maximum atomic E-state index is 12.7. The lowest BCUT2D eigenvalue weighted by Gasteiger charge is -2.17. The van der Waals surface area contributed by atoms with Gasteiger partial charge in [0.25, 0.3) is 11.7 Å². The summed E-state index contributed by atoms with van der Waals surface area (Å²) in [5.41, 5.74) is 1.52. The van der Waals surface area contributed by atoms with Crippen LogP contribution in [0.5, 0.6) is 5.75 Å². The maximum Gasteiger partial charge on any atom is 0.294 e. The summed E-state index contributed by atoms with van der Waals surface area (Å²) in [6.45, 7) is 4.59. The molecule has 1 aromatic heterocycles. The fourth-order valence-corrected chi connectivity index (χ4v) is 3.80. The molecule has 0 spiro atoms. The fraction of sp³-hybridized carbons (Fsp3) is 0.222. The zero-order chi connectivity index (χ0) is 27.9. The number of hydrogen-bond acceptors (Lipinski definition) is 9. The Kier molecular flexibility index (Phi) is 8.74. The second-order valence-corrected chi connectivity index (χ2v) is 9.13. The fourth-order valence-electron chi connectivity index (χ4n) is 3.66. The molecule has 1 unspecified atom stereocenters. The topological polar surface area (TPSA) is 135 Å². The van der Waals surface area contributed by atoms with Crippen molar-refractivity contribution >= 4 is 58.0 Å². The summed E-state index contributed by atoms with van der Waals surface area (Å²) in [5, 5.41) is 9.04. The second kappa shape index (κ2) is 12.4. The summed E-state index contributed by atoms with van der Waals surface area (Å²) in [4.78, 5) is 46.8. The summed E-state index contributed by atoms with van der Waals surface area (Å²) in [6.07, 6.45) is 3.20. The molecule has 11 nitrogen and oxygen atoms in total. The Morgan fingerprint density at radius 3 is 2.67 bits per heavy atom. The van der Waals surface area contributed by atoms with E-state index in [-0.39, 0.29) is 28.5 Å². The van der Waals surface area contributed by atoms with E-state index < -0.39 is 17.6 Å².